The van der Waals surface area contributed by atoms with Gasteiger partial charge in [0.25, 0.3) is 5.91 Å². The third-order valence-corrected chi connectivity index (χ3v) is 2.96. The van der Waals surface area contributed by atoms with Crippen molar-refractivity contribution in [3.8, 4) is 0 Å². The lowest BCUT2D eigenvalue weighted by atomic mass is 10.2. The van der Waals surface area contributed by atoms with Gasteiger partial charge in [-0.2, -0.15) is 0 Å². The zero-order valence-corrected chi connectivity index (χ0v) is 11.8. The van der Waals surface area contributed by atoms with E-state index in [9.17, 15) is 18.4 Å². The predicted molar refractivity (Wildman–Crippen MR) is 67.5 cm³/mol. The first-order valence-electron chi connectivity index (χ1n) is 5.65. The highest BCUT2D eigenvalue weighted by molar-refractivity contribution is 7.77. The molecule has 1 aliphatic carbocycles. The van der Waals surface area contributed by atoms with E-state index in [1.165, 1.54) is 6.08 Å². The van der Waals surface area contributed by atoms with Crippen molar-refractivity contribution in [3.05, 3.63) is 12.7 Å². The molecule has 0 radical (unpaired) electrons. The summed E-state index contributed by atoms with van der Waals surface area (Å²) in [7, 11) is 0. The van der Waals surface area contributed by atoms with Crippen molar-refractivity contribution in [1.29, 1.82) is 0 Å². The van der Waals surface area contributed by atoms with Gasteiger partial charge in [-0.25, -0.2) is 4.79 Å². The number of hydrogen-bond acceptors (Lipinski definition) is 5. The van der Waals surface area contributed by atoms with Gasteiger partial charge in [0, 0.05) is 17.2 Å². The van der Waals surface area contributed by atoms with Gasteiger partial charge in [0.15, 0.2) is 0 Å². The molecule has 0 aliphatic heterocycles. The molecule has 1 rings (SSSR count). The summed E-state index contributed by atoms with van der Waals surface area (Å²) in [4.78, 5) is 23.5. The third-order valence-electron chi connectivity index (χ3n) is 2.60. The van der Waals surface area contributed by atoms with E-state index in [1.807, 2.05) is 0 Å². The van der Waals surface area contributed by atoms with Crippen molar-refractivity contribution in [1.82, 2.24) is 10.0 Å². The van der Waals surface area contributed by atoms with Crippen molar-refractivity contribution >= 4 is 23.3 Å². The number of amides is 2. The Kier molecular flexibility index (Phi) is 4.36. The highest BCUT2D eigenvalue weighted by Gasteiger charge is 2.60. The van der Waals surface area contributed by atoms with Gasteiger partial charge < -0.3 is 14.6 Å². The van der Waals surface area contributed by atoms with Gasteiger partial charge >= 0.3 is 6.09 Å². The Balaban J connectivity index is 2.74. The van der Waals surface area contributed by atoms with E-state index in [-0.39, 0.29) is 5.92 Å². The van der Waals surface area contributed by atoms with Gasteiger partial charge in [-0.1, -0.05) is 6.08 Å². The number of rotatable bonds is 4. The highest BCUT2D eigenvalue weighted by atomic mass is 32.2. The Morgan fingerprint density at radius 1 is 1.53 bits per heavy atom. The Bertz CT molecular complexity index is 431. The average molecular weight is 289 g/mol. The molecule has 1 aliphatic rings. The Morgan fingerprint density at radius 2 is 2.11 bits per heavy atom. The van der Waals surface area contributed by atoms with Crippen LogP contribution in [0.25, 0.3) is 0 Å². The lowest BCUT2D eigenvalue weighted by molar-refractivity contribution is -0.122. The van der Waals surface area contributed by atoms with Gasteiger partial charge in [0.05, 0.1) is 0 Å². The average Bonchev–Trinajstić information content (AvgIpc) is 2.88. The van der Waals surface area contributed by atoms with Crippen molar-refractivity contribution in [2.75, 3.05) is 0 Å². The number of ether oxygens (including phenoxy) is 1. The first-order valence-corrected chi connectivity index (χ1v) is 6.72. The molecule has 19 heavy (non-hydrogen) atoms. The first-order chi connectivity index (χ1) is 8.60. The molecule has 0 bridgehead atoms. The highest BCUT2D eigenvalue weighted by Crippen LogP contribution is 2.44. The van der Waals surface area contributed by atoms with Gasteiger partial charge in [0.1, 0.15) is 11.1 Å². The maximum absolute atomic E-state index is 11.8. The molecule has 2 amide bonds. The van der Waals surface area contributed by atoms with Gasteiger partial charge in [-0.05, 0) is 27.2 Å². The second-order valence-corrected chi connectivity index (χ2v) is 5.98. The quantitative estimate of drug-likeness (QED) is 0.574. The first kappa shape index (κ1) is 15.6. The summed E-state index contributed by atoms with van der Waals surface area (Å²) in [5, 5.41) is 2.41. The third kappa shape index (κ3) is 4.03. The van der Waals surface area contributed by atoms with Crippen LogP contribution in [0.5, 0.6) is 0 Å². The topological polar surface area (TPSA) is 108 Å². The van der Waals surface area contributed by atoms with E-state index in [1.54, 1.807) is 25.5 Å². The lowest BCUT2D eigenvalue weighted by Crippen LogP contribution is -2.51. The smallest absolute Gasteiger partial charge is 0.408 e. The van der Waals surface area contributed by atoms with E-state index >= 15 is 0 Å². The Morgan fingerprint density at radius 3 is 2.47 bits per heavy atom. The molecule has 0 spiro atoms. The summed E-state index contributed by atoms with van der Waals surface area (Å²) < 4.78 is 27.8. The van der Waals surface area contributed by atoms with Crippen LogP contribution in [0, 0.1) is 5.92 Å². The summed E-state index contributed by atoms with van der Waals surface area (Å²) in [6, 6.07) is 0. The van der Waals surface area contributed by atoms with E-state index in [4.69, 9.17) is 4.74 Å². The molecule has 0 aromatic heterocycles. The molecule has 0 heterocycles. The van der Waals surface area contributed by atoms with Crippen LogP contribution in [0.2, 0.25) is 0 Å². The SMILES string of the molecule is C=C[C@@H]1C[C@]1(NC(=O)OC(C)(C)C)C(=O)NS(=O)[O-]. The molecule has 2 N–H and O–H groups in total. The number of hydrogen-bond donors (Lipinski definition) is 2. The van der Waals surface area contributed by atoms with Gasteiger partial charge in [0.2, 0.25) is 0 Å². The second kappa shape index (κ2) is 5.30. The summed E-state index contributed by atoms with van der Waals surface area (Å²) in [6.45, 7) is 8.59. The zero-order valence-electron chi connectivity index (χ0n) is 11.0. The minimum atomic E-state index is -2.73. The van der Waals surface area contributed by atoms with E-state index < -0.39 is 34.4 Å². The van der Waals surface area contributed by atoms with Crippen molar-refractivity contribution in [3.63, 3.8) is 0 Å². The maximum atomic E-state index is 11.8. The molecule has 108 valence electrons. The van der Waals surface area contributed by atoms with Crippen LogP contribution in [0.15, 0.2) is 12.7 Å². The Hall–Kier alpha value is -1.41. The molecule has 1 fully saturated rings. The summed E-state index contributed by atoms with van der Waals surface area (Å²) >= 11 is -2.73. The molecule has 1 saturated carbocycles. The normalized spacial score (nSPS) is 27.1. The number of alkyl carbamates (subject to hydrolysis) is 1. The van der Waals surface area contributed by atoms with Crippen LogP contribution >= 0.6 is 0 Å². The van der Waals surface area contributed by atoms with Crippen molar-refractivity contribution < 1.29 is 23.1 Å². The zero-order chi connectivity index (χ0) is 14.8. The molecular formula is C11H17N2O5S-. The summed E-state index contributed by atoms with van der Waals surface area (Å²) in [6.07, 6.45) is 1.01. The van der Waals surface area contributed by atoms with Crippen LogP contribution in [0.4, 0.5) is 4.79 Å². The van der Waals surface area contributed by atoms with Crippen LogP contribution < -0.4 is 10.0 Å². The molecule has 0 aromatic rings. The molecule has 3 atom stereocenters. The second-order valence-electron chi connectivity index (χ2n) is 5.31. The minimum absolute atomic E-state index is 0.290. The van der Waals surface area contributed by atoms with Crippen molar-refractivity contribution in [2.45, 2.75) is 38.3 Å². The number of carbonyl (C=O) groups excluding carboxylic acids is 2. The van der Waals surface area contributed by atoms with Gasteiger partial charge in [-0.3, -0.25) is 13.7 Å². The van der Waals surface area contributed by atoms with E-state index in [0.717, 1.165) is 0 Å². The summed E-state index contributed by atoms with van der Waals surface area (Å²) in [5.74, 6) is -1.11. The molecular weight excluding hydrogens is 272 g/mol. The number of carbonyl (C=O) groups is 2. The van der Waals surface area contributed by atoms with Crippen LogP contribution in [0.3, 0.4) is 0 Å². The van der Waals surface area contributed by atoms with Crippen LogP contribution in [-0.2, 0) is 20.8 Å². The Labute approximate surface area is 114 Å². The molecule has 0 aromatic carbocycles. The largest absolute Gasteiger partial charge is 0.755 e. The fraction of sp³-hybridized carbons (Fsp3) is 0.636. The summed E-state index contributed by atoms with van der Waals surface area (Å²) in [5.41, 5.74) is -1.99. The number of nitrogens with one attached hydrogen (secondary N) is 2. The standard InChI is InChI=1S/C11H18N2O5S/c1-5-7-6-11(7,8(14)13-19(16)17)12-9(15)18-10(2,3)4/h5,7H,1,6H2,2-4H3,(H,12,15)(H,13,14)(H,16,17)/p-1/t7-,11-/m1/s1. The maximum Gasteiger partial charge on any atom is 0.408 e. The molecule has 8 heteroatoms. The lowest BCUT2D eigenvalue weighted by Gasteiger charge is -2.23. The van der Waals surface area contributed by atoms with Crippen molar-refractivity contribution in [2.24, 2.45) is 5.92 Å². The van der Waals surface area contributed by atoms with Gasteiger partial charge in [-0.15, -0.1) is 6.58 Å². The van der Waals surface area contributed by atoms with E-state index in [0.29, 0.717) is 6.42 Å². The van der Waals surface area contributed by atoms with E-state index in [2.05, 4.69) is 11.9 Å². The fourth-order valence-electron chi connectivity index (χ4n) is 1.69. The monoisotopic (exact) mass is 289 g/mol. The molecule has 7 nitrogen and oxygen atoms in total. The van der Waals surface area contributed by atoms with Crippen LogP contribution in [0.1, 0.15) is 27.2 Å². The molecule has 0 saturated heterocycles. The minimum Gasteiger partial charge on any atom is -0.755 e. The fourth-order valence-corrected chi connectivity index (χ4v) is 2.02. The predicted octanol–water partition coefficient (Wildman–Crippen LogP) is 0.366. The van der Waals surface area contributed by atoms with Crippen LogP contribution in [-0.4, -0.2) is 31.9 Å². The molecule has 1 unspecified atom stereocenters.